The summed E-state index contributed by atoms with van der Waals surface area (Å²) in [4.78, 5) is 19.9. The molecule has 2 aromatic rings. The molecule has 12 heteroatoms. The van der Waals surface area contributed by atoms with Gasteiger partial charge in [0.05, 0.1) is 22.8 Å². The maximum absolute atomic E-state index is 13.2. The minimum absolute atomic E-state index is 0.0597. The van der Waals surface area contributed by atoms with Gasteiger partial charge in [-0.2, -0.15) is 13.2 Å². The van der Waals surface area contributed by atoms with Crippen LogP contribution in [0.25, 0.3) is 4.85 Å². The number of nitrogens with zero attached hydrogens (tertiary/aromatic N) is 3. The number of halogens is 3. The largest absolute Gasteiger partial charge is 0.480 e. The van der Waals surface area contributed by atoms with Gasteiger partial charge in [-0.25, -0.2) is 22.6 Å². The molecule has 2 heterocycles. The van der Waals surface area contributed by atoms with Crippen molar-refractivity contribution in [3.8, 4) is 5.75 Å². The van der Waals surface area contributed by atoms with Gasteiger partial charge in [0.2, 0.25) is 0 Å². The van der Waals surface area contributed by atoms with Gasteiger partial charge in [-0.05, 0) is 26.0 Å². The van der Waals surface area contributed by atoms with Crippen LogP contribution in [0.1, 0.15) is 30.1 Å². The molecule has 1 unspecified atom stereocenters. The van der Waals surface area contributed by atoms with E-state index in [0.717, 1.165) is 23.5 Å². The lowest BCUT2D eigenvalue weighted by atomic mass is 9.89. The van der Waals surface area contributed by atoms with Crippen LogP contribution < -0.4 is 4.74 Å². The molecule has 166 valence electrons. The maximum Gasteiger partial charge on any atom is 0.407 e. The third-order valence-corrected chi connectivity index (χ3v) is 8.17. The fourth-order valence-electron chi connectivity index (χ4n) is 3.31. The minimum Gasteiger partial charge on any atom is -0.480 e. The Morgan fingerprint density at radius 3 is 2.48 bits per heavy atom. The van der Waals surface area contributed by atoms with Gasteiger partial charge in [0.1, 0.15) is 5.75 Å². The van der Waals surface area contributed by atoms with Gasteiger partial charge < -0.3 is 4.74 Å². The minimum atomic E-state index is -4.79. The van der Waals surface area contributed by atoms with Gasteiger partial charge in [-0.1, -0.05) is 19.9 Å². The monoisotopic (exact) mass is 473 g/mol. The van der Waals surface area contributed by atoms with Crippen molar-refractivity contribution in [2.75, 3.05) is 6.54 Å². The molecule has 0 bridgehead atoms. The Kier molecular flexibility index (Phi) is 5.56. The summed E-state index contributed by atoms with van der Waals surface area (Å²) >= 11 is 0.937. The summed E-state index contributed by atoms with van der Waals surface area (Å²) in [5.41, 5.74) is -2.54. The predicted octanol–water partition coefficient (Wildman–Crippen LogP) is 4.33. The summed E-state index contributed by atoms with van der Waals surface area (Å²) in [5, 5.41) is 0.523. The Bertz CT molecular complexity index is 1200. The fraction of sp³-hybridized carbons (Fsp3) is 0.421. The van der Waals surface area contributed by atoms with Crippen LogP contribution in [0.5, 0.6) is 5.75 Å². The second-order valence-electron chi connectivity index (χ2n) is 7.73. The van der Waals surface area contributed by atoms with Crippen molar-refractivity contribution in [3.63, 3.8) is 0 Å². The highest BCUT2D eigenvalue weighted by molar-refractivity contribution is 7.91. The van der Waals surface area contributed by atoms with Crippen molar-refractivity contribution in [1.29, 1.82) is 0 Å². The second-order valence-corrected chi connectivity index (χ2v) is 11.0. The Morgan fingerprint density at radius 2 is 1.97 bits per heavy atom. The van der Waals surface area contributed by atoms with E-state index < -0.39 is 44.9 Å². The van der Waals surface area contributed by atoms with E-state index >= 15 is 0 Å². The van der Waals surface area contributed by atoms with E-state index in [4.69, 9.17) is 11.3 Å². The standard InChI is InChI=1S/C19H18F3N3O4S2/c1-10-17(30-11(2)24-10)31(27,28)25-9-18(3,4)15(16(25)26)29-12-6-7-14(23-5)13(8-12)19(20,21)22/h6-8,15H,9H2,1-4H3. The first-order valence-corrected chi connectivity index (χ1v) is 11.2. The number of ether oxygens (including phenoxy) is 1. The third-order valence-electron chi connectivity index (χ3n) is 4.76. The SMILES string of the molecule is [C-]#[N+]c1ccc(OC2C(=O)N(S(=O)(=O)c3sc(C)nc3C)CC2(C)C)cc1C(F)(F)F. The number of carbonyl (C=O) groups excluding carboxylic acids is 1. The number of rotatable bonds is 4. The quantitative estimate of drug-likeness (QED) is 0.618. The Hall–Kier alpha value is -2.65. The predicted molar refractivity (Wildman–Crippen MR) is 106 cm³/mol. The number of amides is 1. The highest BCUT2D eigenvalue weighted by atomic mass is 32.2. The van der Waals surface area contributed by atoms with Crippen LogP contribution in [0.15, 0.2) is 22.4 Å². The van der Waals surface area contributed by atoms with Crippen LogP contribution in [0.2, 0.25) is 0 Å². The van der Waals surface area contributed by atoms with Crippen LogP contribution in [-0.4, -0.2) is 36.3 Å². The zero-order valence-corrected chi connectivity index (χ0v) is 18.6. The lowest BCUT2D eigenvalue weighted by molar-refractivity contribution is -0.137. The molecule has 1 atom stereocenters. The molecule has 1 aliphatic rings. The number of aromatic nitrogens is 1. The summed E-state index contributed by atoms with van der Waals surface area (Å²) in [6.07, 6.45) is -6.12. The molecule has 7 nitrogen and oxygen atoms in total. The van der Waals surface area contributed by atoms with E-state index in [0.29, 0.717) is 15.4 Å². The first-order valence-electron chi connectivity index (χ1n) is 8.94. The molecule has 1 fully saturated rings. The van der Waals surface area contributed by atoms with E-state index in [1.54, 1.807) is 20.8 Å². The number of hydrogen-bond acceptors (Lipinski definition) is 6. The summed E-state index contributed by atoms with van der Waals surface area (Å²) < 4.78 is 72.1. The highest BCUT2D eigenvalue weighted by Gasteiger charge is 2.53. The summed E-state index contributed by atoms with van der Waals surface area (Å²) in [6.45, 7) is 13.0. The Morgan fingerprint density at radius 1 is 1.32 bits per heavy atom. The van der Waals surface area contributed by atoms with Crippen LogP contribution in [0.4, 0.5) is 18.9 Å². The molecule has 0 aliphatic carbocycles. The summed E-state index contributed by atoms with van der Waals surface area (Å²) in [5.74, 6) is -1.16. The number of sulfonamides is 1. The van der Waals surface area contributed by atoms with Gasteiger partial charge >= 0.3 is 6.18 Å². The summed E-state index contributed by atoms with van der Waals surface area (Å²) in [6, 6.07) is 2.75. The van der Waals surface area contributed by atoms with Crippen LogP contribution in [0.3, 0.4) is 0 Å². The molecule has 1 aromatic heterocycles. The van der Waals surface area contributed by atoms with Crippen LogP contribution in [0, 0.1) is 25.8 Å². The zero-order chi connectivity index (χ0) is 23.4. The molecule has 0 saturated carbocycles. The van der Waals surface area contributed by atoms with Crippen molar-refractivity contribution in [2.45, 2.75) is 44.2 Å². The third kappa shape index (κ3) is 4.12. The van der Waals surface area contributed by atoms with E-state index in [-0.39, 0.29) is 22.2 Å². The molecule has 1 amide bonds. The fourth-order valence-corrected chi connectivity index (χ4v) is 6.46. The molecule has 0 N–H and O–H groups in total. The molecule has 1 saturated heterocycles. The number of benzene rings is 1. The van der Waals surface area contributed by atoms with Crippen LogP contribution in [-0.2, 0) is 21.0 Å². The average molecular weight is 473 g/mol. The Balaban J connectivity index is 1.96. The lowest BCUT2D eigenvalue weighted by Gasteiger charge is -2.24. The second kappa shape index (κ2) is 7.49. The average Bonchev–Trinajstić information content (AvgIpc) is 3.12. The summed E-state index contributed by atoms with van der Waals surface area (Å²) in [7, 11) is -4.20. The maximum atomic E-state index is 13.2. The van der Waals surface area contributed by atoms with E-state index in [2.05, 4.69) is 9.83 Å². The van der Waals surface area contributed by atoms with Gasteiger partial charge in [0, 0.05) is 12.0 Å². The number of thiazole rings is 1. The molecular formula is C19H18F3N3O4S2. The molecule has 31 heavy (non-hydrogen) atoms. The number of carbonyl (C=O) groups is 1. The molecule has 0 spiro atoms. The lowest BCUT2D eigenvalue weighted by Crippen LogP contribution is -2.38. The Labute approximate surface area is 181 Å². The van der Waals surface area contributed by atoms with Gasteiger partial charge in [0.25, 0.3) is 15.9 Å². The topological polar surface area (TPSA) is 80.9 Å². The van der Waals surface area contributed by atoms with E-state index in [9.17, 15) is 26.4 Å². The molecule has 1 aliphatic heterocycles. The van der Waals surface area contributed by atoms with Gasteiger partial charge in [-0.3, -0.25) is 4.79 Å². The molecular weight excluding hydrogens is 455 g/mol. The number of hydrogen-bond donors (Lipinski definition) is 0. The first kappa shape index (κ1) is 23.0. The number of aryl methyl sites for hydroxylation is 2. The van der Waals surface area contributed by atoms with E-state index in [1.807, 2.05) is 0 Å². The van der Waals surface area contributed by atoms with Crippen LogP contribution >= 0.6 is 11.3 Å². The molecule has 0 radical (unpaired) electrons. The zero-order valence-electron chi connectivity index (χ0n) is 16.9. The molecule has 1 aromatic carbocycles. The van der Waals surface area contributed by atoms with Crippen molar-refractivity contribution in [3.05, 3.63) is 45.9 Å². The van der Waals surface area contributed by atoms with Crippen molar-refractivity contribution >= 4 is 33.0 Å². The van der Waals surface area contributed by atoms with Crippen molar-refractivity contribution in [2.24, 2.45) is 5.41 Å². The first-order chi connectivity index (χ1) is 14.2. The smallest absolute Gasteiger partial charge is 0.407 e. The van der Waals surface area contributed by atoms with Crippen molar-refractivity contribution in [1.82, 2.24) is 9.29 Å². The number of alkyl halides is 3. The highest BCUT2D eigenvalue weighted by Crippen LogP contribution is 2.42. The van der Waals surface area contributed by atoms with Crippen molar-refractivity contribution < 1.29 is 31.1 Å². The van der Waals surface area contributed by atoms with E-state index in [1.165, 1.54) is 6.92 Å². The van der Waals surface area contributed by atoms with Gasteiger partial charge in [0.15, 0.2) is 16.0 Å². The molecule has 3 rings (SSSR count). The normalized spacial score (nSPS) is 18.8. The van der Waals surface area contributed by atoms with Gasteiger partial charge in [-0.15, -0.1) is 11.3 Å².